The Morgan fingerprint density at radius 2 is 1.78 bits per heavy atom. The van der Waals surface area contributed by atoms with Crippen molar-refractivity contribution in [2.24, 2.45) is 0 Å². The van der Waals surface area contributed by atoms with Gasteiger partial charge < -0.3 is 14.7 Å². The van der Waals surface area contributed by atoms with Crippen molar-refractivity contribution >= 4 is 21.9 Å². The standard InChI is InChI=1S/C21H15FN4O/c1-12-9-14-16(25-12)7-8-18(19(14)22)27-21-15-10-17(13-5-3-2-4-6-13)26-20(15)23-11-24-21/h2-11,25H,1H3,(H,23,24,26). The van der Waals surface area contributed by atoms with Crippen molar-refractivity contribution < 1.29 is 9.13 Å². The van der Waals surface area contributed by atoms with Gasteiger partial charge in [0.25, 0.3) is 0 Å². The van der Waals surface area contributed by atoms with Crippen LogP contribution in [0.2, 0.25) is 0 Å². The van der Waals surface area contributed by atoms with Gasteiger partial charge in [-0.2, -0.15) is 0 Å². The lowest BCUT2D eigenvalue weighted by Gasteiger charge is -2.07. The second kappa shape index (κ2) is 5.95. The normalized spacial score (nSPS) is 11.3. The fourth-order valence-electron chi connectivity index (χ4n) is 3.24. The Labute approximate surface area is 153 Å². The van der Waals surface area contributed by atoms with E-state index in [1.807, 2.05) is 43.3 Å². The third kappa shape index (κ3) is 2.62. The van der Waals surface area contributed by atoms with Crippen LogP contribution in [-0.2, 0) is 0 Å². The molecule has 6 heteroatoms. The first-order chi connectivity index (χ1) is 13.2. The first-order valence-corrected chi connectivity index (χ1v) is 8.54. The number of fused-ring (bicyclic) bond motifs is 2. The highest BCUT2D eigenvalue weighted by molar-refractivity contribution is 5.87. The molecule has 0 amide bonds. The van der Waals surface area contributed by atoms with Crippen molar-refractivity contribution in [2.45, 2.75) is 6.92 Å². The van der Waals surface area contributed by atoms with Crippen molar-refractivity contribution in [1.82, 2.24) is 19.9 Å². The number of ether oxygens (including phenoxy) is 1. The highest BCUT2D eigenvalue weighted by Crippen LogP contribution is 2.34. The van der Waals surface area contributed by atoms with Crippen LogP contribution in [0.15, 0.2) is 60.9 Å². The van der Waals surface area contributed by atoms with Crippen LogP contribution in [0.4, 0.5) is 4.39 Å². The Balaban J connectivity index is 1.59. The first-order valence-electron chi connectivity index (χ1n) is 8.54. The van der Waals surface area contributed by atoms with Crippen LogP contribution in [-0.4, -0.2) is 19.9 Å². The molecule has 27 heavy (non-hydrogen) atoms. The van der Waals surface area contributed by atoms with E-state index in [-0.39, 0.29) is 5.75 Å². The molecular weight excluding hydrogens is 343 g/mol. The van der Waals surface area contributed by atoms with Gasteiger partial charge >= 0.3 is 0 Å². The fourth-order valence-corrected chi connectivity index (χ4v) is 3.24. The molecule has 0 aliphatic carbocycles. The molecule has 132 valence electrons. The van der Waals surface area contributed by atoms with Crippen LogP contribution in [0.1, 0.15) is 5.69 Å². The van der Waals surface area contributed by atoms with Crippen molar-refractivity contribution in [3.05, 3.63) is 72.4 Å². The summed E-state index contributed by atoms with van der Waals surface area (Å²) in [6.45, 7) is 1.89. The molecule has 2 aromatic carbocycles. The lowest BCUT2D eigenvalue weighted by molar-refractivity contribution is 0.435. The SMILES string of the molecule is Cc1cc2c(F)c(Oc3ncnc4[nH]c(-c5ccccc5)cc34)ccc2[nH]1. The Morgan fingerprint density at radius 1 is 0.926 bits per heavy atom. The Kier molecular flexibility index (Phi) is 3.43. The van der Waals surface area contributed by atoms with Gasteiger partial charge in [-0.3, -0.25) is 0 Å². The number of H-pyrrole nitrogens is 2. The number of rotatable bonds is 3. The van der Waals surface area contributed by atoms with Gasteiger partial charge in [-0.15, -0.1) is 0 Å². The summed E-state index contributed by atoms with van der Waals surface area (Å²) in [6, 6.07) is 17.0. The van der Waals surface area contributed by atoms with Crippen LogP contribution in [0.25, 0.3) is 33.2 Å². The maximum absolute atomic E-state index is 14.8. The number of benzene rings is 2. The molecule has 0 saturated carbocycles. The highest BCUT2D eigenvalue weighted by atomic mass is 19.1. The van der Waals surface area contributed by atoms with Crippen LogP contribution in [0, 0.1) is 12.7 Å². The summed E-state index contributed by atoms with van der Waals surface area (Å²) in [5.74, 6) is 0.0235. The summed E-state index contributed by atoms with van der Waals surface area (Å²) in [4.78, 5) is 14.8. The Bertz CT molecular complexity index is 1270. The lowest BCUT2D eigenvalue weighted by Crippen LogP contribution is -1.93. The molecule has 0 aliphatic rings. The predicted octanol–water partition coefficient (Wildman–Crippen LogP) is 5.35. The van der Waals surface area contributed by atoms with Gasteiger partial charge in [0.2, 0.25) is 5.88 Å². The summed E-state index contributed by atoms with van der Waals surface area (Å²) >= 11 is 0. The van der Waals surface area contributed by atoms with Crippen LogP contribution < -0.4 is 4.74 Å². The number of nitrogens with one attached hydrogen (secondary N) is 2. The largest absolute Gasteiger partial charge is 0.435 e. The fraction of sp³-hybridized carbons (Fsp3) is 0.0476. The van der Waals surface area contributed by atoms with Gasteiger partial charge in [0.1, 0.15) is 12.0 Å². The molecule has 5 aromatic rings. The number of aromatic nitrogens is 4. The smallest absolute Gasteiger partial charge is 0.231 e. The monoisotopic (exact) mass is 358 g/mol. The molecule has 2 N–H and O–H groups in total. The number of aromatic amines is 2. The van der Waals surface area contributed by atoms with E-state index in [2.05, 4.69) is 19.9 Å². The zero-order chi connectivity index (χ0) is 18.4. The van der Waals surface area contributed by atoms with Crippen molar-refractivity contribution in [3.8, 4) is 22.9 Å². The average Bonchev–Trinajstić information content (AvgIpc) is 3.29. The number of hydrogen-bond acceptors (Lipinski definition) is 3. The van der Waals surface area contributed by atoms with Crippen LogP contribution >= 0.6 is 0 Å². The van der Waals surface area contributed by atoms with Gasteiger partial charge in [0, 0.05) is 22.3 Å². The molecule has 0 fully saturated rings. The maximum Gasteiger partial charge on any atom is 0.231 e. The van der Waals surface area contributed by atoms with E-state index in [1.54, 1.807) is 18.2 Å². The van der Waals surface area contributed by atoms with Crippen molar-refractivity contribution in [2.75, 3.05) is 0 Å². The molecule has 3 aromatic heterocycles. The Morgan fingerprint density at radius 3 is 2.63 bits per heavy atom. The van der Waals surface area contributed by atoms with Crippen LogP contribution in [0.3, 0.4) is 0 Å². The summed E-state index contributed by atoms with van der Waals surface area (Å²) in [6.07, 6.45) is 1.40. The minimum absolute atomic E-state index is 0.129. The molecule has 0 bridgehead atoms. The quantitative estimate of drug-likeness (QED) is 0.457. The van der Waals surface area contributed by atoms with E-state index < -0.39 is 5.82 Å². The zero-order valence-electron chi connectivity index (χ0n) is 14.5. The predicted molar refractivity (Wildman–Crippen MR) is 102 cm³/mol. The summed E-state index contributed by atoms with van der Waals surface area (Å²) < 4.78 is 20.7. The van der Waals surface area contributed by atoms with E-state index in [0.29, 0.717) is 22.3 Å². The van der Waals surface area contributed by atoms with Gasteiger partial charge in [-0.05, 0) is 36.8 Å². The van der Waals surface area contributed by atoms with E-state index >= 15 is 0 Å². The summed E-state index contributed by atoms with van der Waals surface area (Å²) in [7, 11) is 0. The molecular formula is C21H15FN4O. The lowest BCUT2D eigenvalue weighted by atomic mass is 10.1. The summed E-state index contributed by atoms with van der Waals surface area (Å²) in [5.41, 5.74) is 4.18. The number of halogens is 1. The molecule has 5 rings (SSSR count). The van der Waals surface area contributed by atoms with E-state index in [0.717, 1.165) is 22.5 Å². The Hall–Kier alpha value is -3.67. The average molecular weight is 358 g/mol. The molecule has 3 heterocycles. The second-order valence-corrected chi connectivity index (χ2v) is 6.38. The zero-order valence-corrected chi connectivity index (χ0v) is 14.5. The first kappa shape index (κ1) is 15.6. The van der Waals surface area contributed by atoms with Gasteiger partial charge in [0.05, 0.1) is 5.39 Å². The molecule has 0 spiro atoms. The van der Waals surface area contributed by atoms with E-state index in [4.69, 9.17) is 4.74 Å². The molecule has 0 unspecified atom stereocenters. The van der Waals surface area contributed by atoms with E-state index in [9.17, 15) is 4.39 Å². The van der Waals surface area contributed by atoms with Gasteiger partial charge in [-0.1, -0.05) is 30.3 Å². The van der Waals surface area contributed by atoms with E-state index in [1.165, 1.54) is 6.33 Å². The molecule has 5 nitrogen and oxygen atoms in total. The maximum atomic E-state index is 14.8. The highest BCUT2D eigenvalue weighted by Gasteiger charge is 2.15. The minimum Gasteiger partial charge on any atom is -0.435 e. The summed E-state index contributed by atoms with van der Waals surface area (Å²) in [5, 5.41) is 1.19. The molecule has 0 radical (unpaired) electrons. The van der Waals surface area contributed by atoms with Gasteiger partial charge in [-0.25, -0.2) is 14.4 Å². The third-order valence-corrected chi connectivity index (χ3v) is 4.52. The minimum atomic E-state index is -0.414. The molecule has 0 aliphatic heterocycles. The number of aryl methyl sites for hydroxylation is 1. The second-order valence-electron chi connectivity index (χ2n) is 6.38. The van der Waals surface area contributed by atoms with Crippen molar-refractivity contribution in [3.63, 3.8) is 0 Å². The number of hydrogen-bond donors (Lipinski definition) is 2. The van der Waals surface area contributed by atoms with Crippen LogP contribution in [0.5, 0.6) is 11.6 Å². The third-order valence-electron chi connectivity index (χ3n) is 4.52. The van der Waals surface area contributed by atoms with Crippen molar-refractivity contribution in [1.29, 1.82) is 0 Å². The van der Waals surface area contributed by atoms with Gasteiger partial charge in [0.15, 0.2) is 11.6 Å². The molecule has 0 atom stereocenters. The molecule has 0 saturated heterocycles. The number of nitrogens with zero attached hydrogens (tertiary/aromatic N) is 2. The topological polar surface area (TPSA) is 66.6 Å².